The lowest BCUT2D eigenvalue weighted by Gasteiger charge is -2.15. The molecule has 0 spiro atoms. The minimum absolute atomic E-state index is 0.0758. The molecule has 0 aliphatic heterocycles. The molecule has 4 aromatic rings. The zero-order chi connectivity index (χ0) is 23.9. The van der Waals surface area contributed by atoms with Gasteiger partial charge in [0.15, 0.2) is 5.82 Å². The minimum atomic E-state index is -0.360. The van der Waals surface area contributed by atoms with E-state index in [1.165, 1.54) is 6.07 Å². The van der Waals surface area contributed by atoms with Gasteiger partial charge in [0, 0.05) is 48.8 Å². The molecule has 172 valence electrons. The van der Waals surface area contributed by atoms with E-state index in [-0.39, 0.29) is 24.2 Å². The van der Waals surface area contributed by atoms with E-state index in [1.54, 1.807) is 66.5 Å². The van der Waals surface area contributed by atoms with Crippen LogP contribution in [0.1, 0.15) is 32.1 Å². The quantitative estimate of drug-likeness (QED) is 0.429. The molecule has 8 heteroatoms. The van der Waals surface area contributed by atoms with Gasteiger partial charge in [-0.25, -0.2) is 4.39 Å². The summed E-state index contributed by atoms with van der Waals surface area (Å²) in [4.78, 5) is 30.8. The number of nitrogens with zero attached hydrogens (tertiary/aromatic N) is 3. The summed E-state index contributed by atoms with van der Waals surface area (Å²) in [5.74, 6) is 0.0565. The highest BCUT2D eigenvalue weighted by atomic mass is 19.1. The Morgan fingerprint density at radius 3 is 2.38 bits per heavy atom. The molecule has 1 N–H and O–H groups in total. The average Bonchev–Trinajstić information content (AvgIpc) is 3.36. The Morgan fingerprint density at radius 2 is 1.65 bits per heavy atom. The zero-order valence-electron chi connectivity index (χ0n) is 18.6. The highest BCUT2D eigenvalue weighted by Gasteiger charge is 2.14. The Bertz CT molecular complexity index is 1270. The number of carbonyl (C=O) groups excluding carboxylic acids is 2. The maximum absolute atomic E-state index is 13.7. The Hall–Kier alpha value is -4.33. The lowest BCUT2D eigenvalue weighted by molar-refractivity contribution is 0.0795. The Labute approximate surface area is 196 Å². The average molecular weight is 458 g/mol. The van der Waals surface area contributed by atoms with Crippen molar-refractivity contribution in [1.82, 2.24) is 20.4 Å². The van der Waals surface area contributed by atoms with Crippen LogP contribution in [0.2, 0.25) is 0 Å². The van der Waals surface area contributed by atoms with Gasteiger partial charge in [0.1, 0.15) is 5.82 Å². The van der Waals surface area contributed by atoms with Crippen LogP contribution >= 0.6 is 0 Å². The van der Waals surface area contributed by atoms with Crippen LogP contribution in [-0.2, 0) is 13.0 Å². The second-order valence-electron chi connectivity index (χ2n) is 7.71. The van der Waals surface area contributed by atoms with Crippen LogP contribution < -0.4 is 5.32 Å². The van der Waals surface area contributed by atoms with Gasteiger partial charge in [-0.3, -0.25) is 9.59 Å². The molecule has 0 radical (unpaired) electrons. The smallest absolute Gasteiger partial charge is 0.257 e. The van der Waals surface area contributed by atoms with Crippen molar-refractivity contribution >= 4 is 11.8 Å². The van der Waals surface area contributed by atoms with Crippen molar-refractivity contribution in [2.45, 2.75) is 13.0 Å². The zero-order valence-corrected chi connectivity index (χ0v) is 18.6. The molecule has 1 aromatic heterocycles. The van der Waals surface area contributed by atoms with E-state index in [2.05, 4.69) is 15.5 Å². The SMILES string of the molecule is CN(CCc1noc(-c2ccc(C(=O)NCc3ccccc3F)cc2)n1)C(=O)c1ccccc1. The van der Waals surface area contributed by atoms with Crippen LogP contribution in [0, 0.1) is 5.82 Å². The van der Waals surface area contributed by atoms with Crippen LogP contribution in [0.5, 0.6) is 0 Å². The molecule has 1 heterocycles. The van der Waals surface area contributed by atoms with Gasteiger partial charge in [-0.2, -0.15) is 4.98 Å². The van der Waals surface area contributed by atoms with E-state index in [0.717, 1.165) is 0 Å². The summed E-state index contributed by atoms with van der Waals surface area (Å²) < 4.78 is 19.0. The lowest BCUT2D eigenvalue weighted by atomic mass is 10.1. The van der Waals surface area contributed by atoms with Gasteiger partial charge in [-0.05, 0) is 42.5 Å². The van der Waals surface area contributed by atoms with Crippen LogP contribution in [0.15, 0.2) is 83.4 Å². The molecule has 2 amide bonds. The van der Waals surface area contributed by atoms with E-state index in [4.69, 9.17) is 4.52 Å². The van der Waals surface area contributed by atoms with Crippen molar-refractivity contribution in [3.8, 4) is 11.5 Å². The van der Waals surface area contributed by atoms with Gasteiger partial charge in [-0.1, -0.05) is 41.6 Å². The maximum Gasteiger partial charge on any atom is 0.257 e. The molecule has 0 bridgehead atoms. The summed E-state index contributed by atoms with van der Waals surface area (Å²) in [5.41, 5.74) is 2.14. The molecule has 0 atom stereocenters. The normalized spacial score (nSPS) is 10.6. The highest BCUT2D eigenvalue weighted by Crippen LogP contribution is 2.18. The molecular formula is C26H23FN4O3. The predicted molar refractivity (Wildman–Crippen MR) is 124 cm³/mol. The van der Waals surface area contributed by atoms with Crippen molar-refractivity contribution in [1.29, 1.82) is 0 Å². The van der Waals surface area contributed by atoms with Crippen LogP contribution in [-0.4, -0.2) is 40.4 Å². The Kier molecular flexibility index (Phi) is 7.07. The molecule has 4 rings (SSSR count). The van der Waals surface area contributed by atoms with Crippen molar-refractivity contribution < 1.29 is 18.5 Å². The third-order valence-corrected chi connectivity index (χ3v) is 5.30. The Balaban J connectivity index is 1.32. The number of likely N-dealkylation sites (N-methyl/N-ethyl adjacent to an activating group) is 1. The summed E-state index contributed by atoms with van der Waals surface area (Å²) >= 11 is 0. The first-order valence-electron chi connectivity index (χ1n) is 10.8. The fraction of sp³-hybridized carbons (Fsp3) is 0.154. The fourth-order valence-electron chi connectivity index (χ4n) is 3.33. The summed E-state index contributed by atoms with van der Waals surface area (Å²) in [6.45, 7) is 0.537. The van der Waals surface area contributed by atoms with Crippen molar-refractivity contribution in [2.75, 3.05) is 13.6 Å². The topological polar surface area (TPSA) is 88.3 Å². The van der Waals surface area contributed by atoms with Gasteiger partial charge in [-0.15, -0.1) is 0 Å². The van der Waals surface area contributed by atoms with Gasteiger partial charge in [0.2, 0.25) is 0 Å². The Morgan fingerprint density at radius 1 is 0.941 bits per heavy atom. The largest absolute Gasteiger partial charge is 0.348 e. The number of nitrogens with one attached hydrogen (secondary N) is 1. The van der Waals surface area contributed by atoms with Gasteiger partial charge in [0.25, 0.3) is 17.7 Å². The monoisotopic (exact) mass is 458 g/mol. The van der Waals surface area contributed by atoms with Crippen LogP contribution in [0.3, 0.4) is 0 Å². The molecule has 0 unspecified atom stereocenters. The van der Waals surface area contributed by atoms with Crippen LogP contribution in [0.4, 0.5) is 4.39 Å². The number of halogens is 1. The summed E-state index contributed by atoms with van der Waals surface area (Å²) in [6, 6.07) is 22.1. The first kappa shape index (κ1) is 22.8. The number of rotatable bonds is 8. The lowest BCUT2D eigenvalue weighted by Crippen LogP contribution is -2.29. The number of hydrogen-bond acceptors (Lipinski definition) is 5. The molecule has 0 fully saturated rings. The number of benzene rings is 3. The first-order chi connectivity index (χ1) is 16.5. The number of hydrogen-bond donors (Lipinski definition) is 1. The number of carbonyl (C=O) groups is 2. The minimum Gasteiger partial charge on any atom is -0.348 e. The van der Waals surface area contributed by atoms with Crippen molar-refractivity contribution in [3.05, 3.63) is 107 Å². The molecule has 0 aliphatic carbocycles. The predicted octanol–water partition coefficient (Wildman–Crippen LogP) is 4.12. The highest BCUT2D eigenvalue weighted by molar-refractivity contribution is 5.94. The van der Waals surface area contributed by atoms with Gasteiger partial charge < -0.3 is 14.7 Å². The second kappa shape index (κ2) is 10.5. The fourth-order valence-corrected chi connectivity index (χ4v) is 3.33. The van der Waals surface area contributed by atoms with Gasteiger partial charge >= 0.3 is 0 Å². The first-order valence-corrected chi connectivity index (χ1v) is 10.8. The van der Waals surface area contributed by atoms with Crippen LogP contribution in [0.25, 0.3) is 11.5 Å². The number of amides is 2. The molecule has 0 saturated heterocycles. The molecule has 3 aromatic carbocycles. The van der Waals surface area contributed by atoms with Crippen molar-refractivity contribution in [3.63, 3.8) is 0 Å². The molecule has 34 heavy (non-hydrogen) atoms. The summed E-state index contributed by atoms with van der Waals surface area (Å²) in [6.07, 6.45) is 0.440. The van der Waals surface area contributed by atoms with E-state index in [1.807, 2.05) is 18.2 Å². The molecule has 7 nitrogen and oxygen atoms in total. The summed E-state index contributed by atoms with van der Waals surface area (Å²) in [7, 11) is 1.73. The summed E-state index contributed by atoms with van der Waals surface area (Å²) in [5, 5.41) is 6.69. The van der Waals surface area contributed by atoms with Crippen molar-refractivity contribution in [2.24, 2.45) is 0 Å². The second-order valence-corrected chi connectivity index (χ2v) is 7.71. The van der Waals surface area contributed by atoms with E-state index in [0.29, 0.717) is 46.9 Å². The third-order valence-electron chi connectivity index (χ3n) is 5.30. The molecule has 0 saturated carbocycles. The van der Waals surface area contributed by atoms with E-state index >= 15 is 0 Å². The van der Waals surface area contributed by atoms with Gasteiger partial charge in [0.05, 0.1) is 0 Å². The number of aromatic nitrogens is 2. The third kappa shape index (κ3) is 5.53. The maximum atomic E-state index is 13.7. The van der Waals surface area contributed by atoms with E-state index in [9.17, 15) is 14.0 Å². The molecule has 0 aliphatic rings. The molecular weight excluding hydrogens is 435 g/mol. The van der Waals surface area contributed by atoms with E-state index < -0.39 is 0 Å². The standard InChI is InChI=1S/C26H23FN4O3/c1-31(26(33)20-7-3-2-4-8-20)16-15-23-29-25(34-30-23)19-13-11-18(12-14-19)24(32)28-17-21-9-5-6-10-22(21)27/h2-14H,15-17H2,1H3,(H,28,32).